The number of halogens is 1. The SMILES string of the molecule is CCOC(=O)C(C)(C)c1[nH]cnc1I. The van der Waals surface area contributed by atoms with Gasteiger partial charge in [-0.3, -0.25) is 4.79 Å². The molecule has 0 fully saturated rings. The van der Waals surface area contributed by atoms with Gasteiger partial charge >= 0.3 is 5.97 Å². The van der Waals surface area contributed by atoms with Gasteiger partial charge < -0.3 is 9.72 Å². The fourth-order valence-corrected chi connectivity index (χ4v) is 2.10. The summed E-state index contributed by atoms with van der Waals surface area (Å²) in [5, 5.41) is 0. The zero-order valence-corrected chi connectivity index (χ0v) is 10.6. The van der Waals surface area contributed by atoms with Crippen molar-refractivity contribution >= 4 is 28.6 Å². The molecule has 0 unspecified atom stereocenters. The molecule has 0 amide bonds. The van der Waals surface area contributed by atoms with Gasteiger partial charge in [0.2, 0.25) is 0 Å². The molecule has 1 aromatic rings. The minimum absolute atomic E-state index is 0.234. The van der Waals surface area contributed by atoms with E-state index in [2.05, 4.69) is 32.6 Å². The first-order valence-electron chi connectivity index (χ1n) is 4.36. The first kappa shape index (κ1) is 11.5. The van der Waals surface area contributed by atoms with Gasteiger partial charge in [0.1, 0.15) is 9.12 Å². The van der Waals surface area contributed by atoms with Gasteiger partial charge in [0, 0.05) is 0 Å². The Balaban J connectivity index is 2.95. The Labute approximate surface area is 96.6 Å². The summed E-state index contributed by atoms with van der Waals surface area (Å²) >= 11 is 2.09. The number of rotatable bonds is 3. The molecule has 1 rings (SSSR count). The van der Waals surface area contributed by atoms with Crippen LogP contribution in [0.15, 0.2) is 6.33 Å². The molecule has 0 saturated carbocycles. The van der Waals surface area contributed by atoms with Crippen LogP contribution in [0, 0.1) is 3.70 Å². The van der Waals surface area contributed by atoms with Crippen molar-refractivity contribution in [2.75, 3.05) is 6.61 Å². The molecular weight excluding hydrogens is 295 g/mol. The zero-order valence-electron chi connectivity index (χ0n) is 8.43. The number of hydrogen-bond acceptors (Lipinski definition) is 3. The van der Waals surface area contributed by atoms with Crippen molar-refractivity contribution in [3.63, 3.8) is 0 Å². The average Bonchev–Trinajstić information content (AvgIpc) is 2.52. The van der Waals surface area contributed by atoms with Crippen molar-refractivity contribution < 1.29 is 9.53 Å². The average molecular weight is 308 g/mol. The predicted molar refractivity (Wildman–Crippen MR) is 61.0 cm³/mol. The monoisotopic (exact) mass is 308 g/mol. The molecule has 1 N–H and O–H groups in total. The second kappa shape index (κ2) is 4.29. The number of carbonyl (C=O) groups is 1. The third-order valence-electron chi connectivity index (χ3n) is 2.00. The lowest BCUT2D eigenvalue weighted by atomic mass is 9.90. The Hall–Kier alpha value is -0.590. The molecule has 0 aromatic carbocycles. The first-order valence-corrected chi connectivity index (χ1v) is 5.44. The number of nitrogens with zero attached hydrogens (tertiary/aromatic N) is 1. The minimum Gasteiger partial charge on any atom is -0.465 e. The van der Waals surface area contributed by atoms with Crippen molar-refractivity contribution in [1.29, 1.82) is 0 Å². The number of esters is 1. The minimum atomic E-state index is -0.664. The maximum atomic E-state index is 11.6. The highest BCUT2D eigenvalue weighted by Gasteiger charge is 2.34. The summed E-state index contributed by atoms with van der Waals surface area (Å²) < 4.78 is 5.80. The van der Waals surface area contributed by atoms with E-state index < -0.39 is 5.41 Å². The largest absolute Gasteiger partial charge is 0.465 e. The number of imidazole rings is 1. The van der Waals surface area contributed by atoms with E-state index >= 15 is 0 Å². The Kier molecular flexibility index (Phi) is 3.52. The molecule has 4 nitrogen and oxygen atoms in total. The summed E-state index contributed by atoms with van der Waals surface area (Å²) in [6.45, 7) is 5.83. The molecule has 0 radical (unpaired) electrons. The van der Waals surface area contributed by atoms with E-state index in [-0.39, 0.29) is 5.97 Å². The van der Waals surface area contributed by atoms with Gasteiger partial charge in [-0.15, -0.1) is 0 Å². The lowest BCUT2D eigenvalue weighted by Crippen LogP contribution is -2.32. The normalized spacial score (nSPS) is 11.4. The topological polar surface area (TPSA) is 55.0 Å². The van der Waals surface area contributed by atoms with Crippen LogP contribution in [0.5, 0.6) is 0 Å². The highest BCUT2D eigenvalue weighted by atomic mass is 127. The molecule has 0 bridgehead atoms. The van der Waals surface area contributed by atoms with Crippen molar-refractivity contribution in [1.82, 2.24) is 9.97 Å². The molecule has 0 atom stereocenters. The van der Waals surface area contributed by atoms with Gasteiger partial charge in [-0.25, -0.2) is 4.98 Å². The number of ether oxygens (including phenoxy) is 1. The van der Waals surface area contributed by atoms with Crippen LogP contribution in [0.1, 0.15) is 26.5 Å². The van der Waals surface area contributed by atoms with Crippen molar-refractivity contribution in [2.45, 2.75) is 26.2 Å². The molecule has 5 heteroatoms. The Morgan fingerprint density at radius 2 is 2.36 bits per heavy atom. The molecule has 0 aliphatic carbocycles. The van der Waals surface area contributed by atoms with Crippen molar-refractivity contribution in [3.8, 4) is 0 Å². The molecule has 78 valence electrons. The summed E-state index contributed by atoms with van der Waals surface area (Å²) in [4.78, 5) is 18.7. The summed E-state index contributed by atoms with van der Waals surface area (Å²) in [6.07, 6.45) is 1.58. The van der Waals surface area contributed by atoms with E-state index in [0.717, 1.165) is 9.39 Å². The first-order chi connectivity index (χ1) is 6.50. The Morgan fingerprint density at radius 3 is 2.79 bits per heavy atom. The van der Waals surface area contributed by atoms with Gasteiger partial charge in [0.25, 0.3) is 0 Å². The smallest absolute Gasteiger partial charge is 0.317 e. The van der Waals surface area contributed by atoms with Crippen LogP contribution in [-0.4, -0.2) is 22.5 Å². The third kappa shape index (κ3) is 2.08. The second-order valence-electron chi connectivity index (χ2n) is 3.41. The van der Waals surface area contributed by atoms with E-state index in [0.29, 0.717) is 6.61 Å². The molecule has 1 heterocycles. The van der Waals surface area contributed by atoms with E-state index in [1.54, 1.807) is 13.3 Å². The number of aromatic nitrogens is 2. The van der Waals surface area contributed by atoms with E-state index in [4.69, 9.17) is 4.74 Å². The molecule has 0 spiro atoms. The van der Waals surface area contributed by atoms with E-state index in [9.17, 15) is 4.79 Å². The van der Waals surface area contributed by atoms with Crippen LogP contribution in [0.3, 0.4) is 0 Å². The van der Waals surface area contributed by atoms with Crippen molar-refractivity contribution in [3.05, 3.63) is 15.7 Å². The summed E-state index contributed by atoms with van der Waals surface area (Å²) in [5.41, 5.74) is 0.139. The summed E-state index contributed by atoms with van der Waals surface area (Å²) in [5.74, 6) is -0.234. The second-order valence-corrected chi connectivity index (χ2v) is 4.44. The zero-order chi connectivity index (χ0) is 10.8. The van der Waals surface area contributed by atoms with Crippen LogP contribution in [-0.2, 0) is 14.9 Å². The van der Waals surface area contributed by atoms with Crippen LogP contribution in [0.2, 0.25) is 0 Å². The van der Waals surface area contributed by atoms with Gasteiger partial charge in [-0.2, -0.15) is 0 Å². The number of nitrogens with one attached hydrogen (secondary N) is 1. The molecule has 0 saturated heterocycles. The molecular formula is C9H13IN2O2. The van der Waals surface area contributed by atoms with E-state index in [1.165, 1.54) is 0 Å². The highest BCUT2D eigenvalue weighted by molar-refractivity contribution is 14.1. The predicted octanol–water partition coefficient (Wildman–Crippen LogP) is 1.86. The lowest BCUT2D eigenvalue weighted by Gasteiger charge is -2.20. The fourth-order valence-electron chi connectivity index (χ4n) is 1.13. The number of aromatic amines is 1. The van der Waals surface area contributed by atoms with Gasteiger partial charge in [0.05, 0.1) is 18.6 Å². The van der Waals surface area contributed by atoms with E-state index in [1.807, 2.05) is 13.8 Å². The van der Waals surface area contributed by atoms with Crippen LogP contribution < -0.4 is 0 Å². The van der Waals surface area contributed by atoms with Gasteiger partial charge in [0.15, 0.2) is 0 Å². The van der Waals surface area contributed by atoms with Crippen LogP contribution >= 0.6 is 22.6 Å². The number of hydrogen-bond donors (Lipinski definition) is 1. The lowest BCUT2D eigenvalue weighted by molar-refractivity contribution is -0.149. The van der Waals surface area contributed by atoms with Crippen LogP contribution in [0.25, 0.3) is 0 Å². The van der Waals surface area contributed by atoms with Gasteiger partial charge in [-0.05, 0) is 43.4 Å². The molecule has 1 aromatic heterocycles. The maximum Gasteiger partial charge on any atom is 0.317 e. The quantitative estimate of drug-likeness (QED) is 0.685. The third-order valence-corrected chi connectivity index (χ3v) is 2.82. The molecule has 0 aliphatic rings. The standard InChI is InChI=1S/C9H13IN2O2/c1-4-14-8(13)9(2,3)6-7(10)12-5-11-6/h5H,4H2,1-3H3,(H,11,12). The number of H-pyrrole nitrogens is 1. The summed E-state index contributed by atoms with van der Waals surface area (Å²) in [6, 6.07) is 0. The molecule has 14 heavy (non-hydrogen) atoms. The maximum absolute atomic E-state index is 11.6. The Bertz CT molecular complexity index is 333. The van der Waals surface area contributed by atoms with Crippen molar-refractivity contribution in [2.24, 2.45) is 0 Å². The fraction of sp³-hybridized carbons (Fsp3) is 0.556. The highest BCUT2D eigenvalue weighted by Crippen LogP contribution is 2.26. The Morgan fingerprint density at radius 1 is 1.71 bits per heavy atom. The number of carbonyl (C=O) groups excluding carboxylic acids is 1. The van der Waals surface area contributed by atoms with Gasteiger partial charge in [-0.1, -0.05) is 0 Å². The summed E-state index contributed by atoms with van der Waals surface area (Å²) in [7, 11) is 0. The van der Waals surface area contributed by atoms with Crippen LogP contribution in [0.4, 0.5) is 0 Å². The molecule has 0 aliphatic heterocycles.